The average Bonchev–Trinajstić information content (AvgIpc) is 3.52. The Morgan fingerprint density at radius 2 is 2.00 bits per heavy atom. The summed E-state index contributed by atoms with van der Waals surface area (Å²) in [5.74, 6) is -0.919. The number of aromatic nitrogens is 1. The van der Waals surface area contributed by atoms with Gasteiger partial charge in [-0.25, -0.2) is 14.2 Å². The highest BCUT2D eigenvalue weighted by atomic mass is 35.5. The highest BCUT2D eigenvalue weighted by Crippen LogP contribution is 2.44. The maximum Gasteiger partial charge on any atom is 0.410 e. The molecular formula is C27H27ClFN3O4S. The number of carbonyl (C=O) groups is 2. The summed E-state index contributed by atoms with van der Waals surface area (Å²) in [7, 11) is 0. The molecule has 194 valence electrons. The summed E-state index contributed by atoms with van der Waals surface area (Å²) in [6.07, 6.45) is 7.31. The van der Waals surface area contributed by atoms with Gasteiger partial charge in [0.1, 0.15) is 18.2 Å². The largest absolute Gasteiger partial charge is 0.507 e. The highest BCUT2D eigenvalue weighted by molar-refractivity contribution is 7.15. The number of halogens is 2. The van der Waals surface area contributed by atoms with Crippen molar-refractivity contribution >= 4 is 34.9 Å². The van der Waals surface area contributed by atoms with Crippen molar-refractivity contribution in [1.82, 2.24) is 15.2 Å². The van der Waals surface area contributed by atoms with Crippen LogP contribution < -0.4 is 5.32 Å². The molecular weight excluding hydrogens is 517 g/mol. The fourth-order valence-corrected chi connectivity index (χ4v) is 5.65. The summed E-state index contributed by atoms with van der Waals surface area (Å²) in [6, 6.07) is 9.75. The number of fused-ring (bicyclic) bond motifs is 1. The second-order valence-electron chi connectivity index (χ2n) is 9.42. The molecule has 1 aromatic heterocycles. The van der Waals surface area contributed by atoms with Gasteiger partial charge in [-0.1, -0.05) is 23.7 Å². The summed E-state index contributed by atoms with van der Waals surface area (Å²) in [5, 5.41) is 14.6. The van der Waals surface area contributed by atoms with Gasteiger partial charge >= 0.3 is 6.09 Å². The van der Waals surface area contributed by atoms with Crippen molar-refractivity contribution in [3.05, 3.63) is 69.6 Å². The lowest BCUT2D eigenvalue weighted by molar-refractivity contribution is 0.0946. The van der Waals surface area contributed by atoms with Crippen LogP contribution >= 0.6 is 22.9 Å². The molecule has 2 amide bonds. The van der Waals surface area contributed by atoms with Gasteiger partial charge in [-0.3, -0.25) is 4.79 Å². The molecule has 2 N–H and O–H groups in total. The van der Waals surface area contributed by atoms with E-state index in [9.17, 15) is 19.1 Å². The number of piperidine rings is 1. The predicted molar refractivity (Wildman–Crippen MR) is 139 cm³/mol. The molecule has 10 heteroatoms. The number of ether oxygens (including phenoxy) is 1. The SMILES string of the molecule is O=C(NCc1ccc(Cl)cc1)c1cc(O)c(-c2cnc(C3CC3)s2)cc1F.O=C1OCC2CCCCN12. The average molecular weight is 544 g/mol. The van der Waals surface area contributed by atoms with Crippen LogP contribution in [0.5, 0.6) is 5.75 Å². The number of hydrogen-bond donors (Lipinski definition) is 2. The van der Waals surface area contributed by atoms with Crippen LogP contribution in [0.15, 0.2) is 42.6 Å². The fourth-order valence-electron chi connectivity index (χ4n) is 4.41. The maximum absolute atomic E-state index is 14.5. The van der Waals surface area contributed by atoms with Crippen molar-refractivity contribution < 1.29 is 23.8 Å². The quantitative estimate of drug-likeness (QED) is 0.405. The standard InChI is InChI=1S/C20H16ClFN2O2S.C7H11NO2/c21-13-5-1-11(2-6-13)9-23-19(26)14-8-17(25)15(7-16(14)22)18-10-24-20(27-18)12-3-4-12;9-7-8-4-2-1-3-6(8)5-10-7/h1-2,5-8,10,12,25H,3-4,9H2,(H,23,26);6H,1-5H2. The van der Waals surface area contributed by atoms with Crippen LogP contribution in [0, 0.1) is 5.82 Å². The Kier molecular flexibility index (Phi) is 7.62. The van der Waals surface area contributed by atoms with Gasteiger partial charge in [-0.15, -0.1) is 11.3 Å². The number of thiazole rings is 1. The van der Waals surface area contributed by atoms with Crippen molar-refractivity contribution in [2.45, 2.75) is 50.6 Å². The van der Waals surface area contributed by atoms with E-state index in [1.807, 2.05) is 4.90 Å². The summed E-state index contributed by atoms with van der Waals surface area (Å²) < 4.78 is 19.4. The van der Waals surface area contributed by atoms with Crippen LogP contribution in [0.1, 0.15) is 59.0 Å². The number of aromatic hydroxyl groups is 1. The lowest BCUT2D eigenvalue weighted by Gasteiger charge is -2.25. The van der Waals surface area contributed by atoms with E-state index in [2.05, 4.69) is 10.3 Å². The summed E-state index contributed by atoms with van der Waals surface area (Å²) in [5.41, 5.74) is 0.995. The van der Waals surface area contributed by atoms with Gasteiger partial charge in [0.25, 0.3) is 5.91 Å². The van der Waals surface area contributed by atoms with Gasteiger partial charge in [-0.2, -0.15) is 0 Å². The third kappa shape index (κ3) is 6.05. The molecule has 2 saturated heterocycles. The molecule has 1 atom stereocenters. The van der Waals surface area contributed by atoms with Crippen molar-refractivity contribution in [2.75, 3.05) is 13.2 Å². The summed E-state index contributed by atoms with van der Waals surface area (Å²) in [6.45, 7) is 1.76. The van der Waals surface area contributed by atoms with E-state index >= 15 is 0 Å². The lowest BCUT2D eigenvalue weighted by Crippen LogP contribution is -2.37. The molecule has 37 heavy (non-hydrogen) atoms. The van der Waals surface area contributed by atoms with Gasteiger partial charge in [0, 0.05) is 35.8 Å². The van der Waals surface area contributed by atoms with Gasteiger partial charge in [0.15, 0.2) is 0 Å². The van der Waals surface area contributed by atoms with Crippen LogP contribution in [0.25, 0.3) is 10.4 Å². The summed E-state index contributed by atoms with van der Waals surface area (Å²) in [4.78, 5) is 30.1. The number of nitrogens with one attached hydrogen (secondary N) is 1. The molecule has 3 fully saturated rings. The van der Waals surface area contributed by atoms with Crippen molar-refractivity contribution in [2.24, 2.45) is 0 Å². The number of phenolic OH excluding ortho intramolecular Hbond substituents is 1. The number of hydrogen-bond acceptors (Lipinski definition) is 6. The Labute approximate surface area is 223 Å². The molecule has 3 aliphatic rings. The molecule has 3 aromatic rings. The first-order valence-electron chi connectivity index (χ1n) is 12.3. The van der Waals surface area contributed by atoms with Crippen LogP contribution in [-0.2, 0) is 11.3 Å². The first-order chi connectivity index (χ1) is 17.9. The molecule has 3 heterocycles. The highest BCUT2D eigenvalue weighted by Gasteiger charge is 2.34. The first kappa shape index (κ1) is 25.5. The third-order valence-electron chi connectivity index (χ3n) is 6.67. The molecule has 2 aromatic carbocycles. The van der Waals surface area contributed by atoms with Crippen LogP contribution in [0.2, 0.25) is 5.02 Å². The molecule has 7 nitrogen and oxygen atoms in total. The van der Waals surface area contributed by atoms with Gasteiger partial charge in [0.05, 0.1) is 21.5 Å². The van der Waals surface area contributed by atoms with Crippen LogP contribution in [0.3, 0.4) is 0 Å². The van der Waals surface area contributed by atoms with Crippen molar-refractivity contribution in [3.8, 4) is 16.2 Å². The van der Waals surface area contributed by atoms with E-state index in [0.717, 1.165) is 42.8 Å². The minimum Gasteiger partial charge on any atom is -0.507 e. The first-order valence-corrected chi connectivity index (χ1v) is 13.5. The number of phenols is 1. The Bertz CT molecular complexity index is 1300. The molecule has 0 radical (unpaired) electrons. The lowest BCUT2D eigenvalue weighted by atomic mass is 10.0. The molecule has 1 unspecified atom stereocenters. The van der Waals surface area contributed by atoms with Gasteiger partial charge < -0.3 is 20.1 Å². The van der Waals surface area contributed by atoms with Crippen molar-refractivity contribution in [3.63, 3.8) is 0 Å². The normalized spacial score (nSPS) is 18.5. The summed E-state index contributed by atoms with van der Waals surface area (Å²) >= 11 is 7.28. The molecule has 0 bridgehead atoms. The predicted octanol–water partition coefficient (Wildman–Crippen LogP) is 6.11. The van der Waals surface area contributed by atoms with Crippen LogP contribution in [-0.4, -0.2) is 46.2 Å². The molecule has 1 aliphatic carbocycles. The second kappa shape index (κ2) is 11.1. The van der Waals surface area contributed by atoms with E-state index < -0.39 is 11.7 Å². The van der Waals surface area contributed by atoms with E-state index in [4.69, 9.17) is 16.3 Å². The monoisotopic (exact) mass is 543 g/mol. The number of nitrogens with zero attached hydrogens (tertiary/aromatic N) is 2. The van der Waals surface area contributed by atoms with Crippen molar-refractivity contribution in [1.29, 1.82) is 0 Å². The molecule has 1 saturated carbocycles. The minimum atomic E-state index is -0.683. The maximum atomic E-state index is 14.5. The van der Waals surface area contributed by atoms with E-state index in [0.29, 0.717) is 34.0 Å². The second-order valence-corrected chi connectivity index (χ2v) is 10.9. The number of rotatable bonds is 5. The van der Waals surface area contributed by atoms with Gasteiger partial charge in [0.2, 0.25) is 0 Å². The minimum absolute atomic E-state index is 0.107. The topological polar surface area (TPSA) is 91.8 Å². The molecule has 2 aliphatic heterocycles. The smallest absolute Gasteiger partial charge is 0.410 e. The Morgan fingerprint density at radius 3 is 2.73 bits per heavy atom. The zero-order chi connectivity index (χ0) is 25.9. The zero-order valence-electron chi connectivity index (χ0n) is 20.1. The molecule has 0 spiro atoms. The third-order valence-corrected chi connectivity index (χ3v) is 8.12. The zero-order valence-corrected chi connectivity index (χ0v) is 21.7. The number of benzene rings is 2. The fraction of sp³-hybridized carbons (Fsp3) is 0.370. The van der Waals surface area contributed by atoms with E-state index in [1.54, 1.807) is 30.5 Å². The Balaban J connectivity index is 0.000000233. The number of amides is 2. The van der Waals surface area contributed by atoms with Gasteiger partial charge in [-0.05, 0) is 61.9 Å². The Morgan fingerprint density at radius 1 is 1.22 bits per heavy atom. The Hall–Kier alpha value is -3.17. The van der Waals surface area contributed by atoms with E-state index in [1.165, 1.54) is 29.9 Å². The number of carbonyl (C=O) groups excluding carboxylic acids is 2. The molecule has 6 rings (SSSR count). The number of cyclic esters (lactones) is 1. The van der Waals surface area contributed by atoms with Crippen LogP contribution in [0.4, 0.5) is 9.18 Å². The van der Waals surface area contributed by atoms with E-state index in [-0.39, 0.29) is 24.0 Å².